The summed E-state index contributed by atoms with van der Waals surface area (Å²) in [5.74, 6) is 0. The van der Waals surface area contributed by atoms with Gasteiger partial charge in [0.15, 0.2) is 0 Å². The maximum absolute atomic E-state index is 5.97. The summed E-state index contributed by atoms with van der Waals surface area (Å²) in [6.45, 7) is 2.82. The van der Waals surface area contributed by atoms with Gasteiger partial charge in [0, 0.05) is 30.0 Å². The molecule has 0 aliphatic heterocycles. The van der Waals surface area contributed by atoms with Crippen molar-refractivity contribution in [3.05, 3.63) is 70.1 Å². The van der Waals surface area contributed by atoms with Crippen LogP contribution in [0.3, 0.4) is 0 Å². The lowest BCUT2D eigenvalue weighted by molar-refractivity contribution is 0.569. The van der Waals surface area contributed by atoms with Gasteiger partial charge in [0.2, 0.25) is 0 Å². The van der Waals surface area contributed by atoms with Crippen LogP contribution in [0.4, 0.5) is 0 Å². The fourth-order valence-corrected chi connectivity index (χ4v) is 2.52. The van der Waals surface area contributed by atoms with Crippen LogP contribution in [0.25, 0.3) is 5.65 Å². The Balaban J connectivity index is 1.69. The maximum atomic E-state index is 5.97. The van der Waals surface area contributed by atoms with Crippen LogP contribution in [-0.2, 0) is 6.54 Å². The van der Waals surface area contributed by atoms with Gasteiger partial charge in [-0.05, 0) is 36.8 Å². The first-order valence-corrected chi connectivity index (χ1v) is 7.49. The van der Waals surface area contributed by atoms with Gasteiger partial charge in [-0.1, -0.05) is 35.3 Å². The molecular weight excluding hydrogens is 305 g/mol. The number of fused-ring (bicyclic) bond motifs is 1. The quantitative estimate of drug-likeness (QED) is 0.767. The van der Waals surface area contributed by atoms with Crippen molar-refractivity contribution in [2.24, 2.45) is 0 Å². The highest BCUT2D eigenvalue weighted by Crippen LogP contribution is 2.17. The zero-order chi connectivity index (χ0) is 14.8. The molecule has 0 aliphatic carbocycles. The standard InChI is InChI=1S/C16H15Cl2N3/c1-11(12-2-4-13(17)5-3-12)19-8-15-10-21-9-14(18)6-7-16(21)20-15/h2-7,9-11,19H,8H2,1H3/t11-/m1/s1. The minimum absolute atomic E-state index is 0.232. The molecule has 0 unspecified atom stereocenters. The van der Waals surface area contributed by atoms with Gasteiger partial charge in [-0.15, -0.1) is 0 Å². The Hall–Kier alpha value is -1.55. The second-order valence-electron chi connectivity index (χ2n) is 5.00. The minimum Gasteiger partial charge on any atom is -0.305 e. The van der Waals surface area contributed by atoms with E-state index in [1.165, 1.54) is 5.56 Å². The van der Waals surface area contributed by atoms with Gasteiger partial charge in [0.1, 0.15) is 5.65 Å². The molecule has 0 bridgehead atoms. The van der Waals surface area contributed by atoms with E-state index in [4.69, 9.17) is 23.2 Å². The van der Waals surface area contributed by atoms with Crippen molar-refractivity contribution in [3.8, 4) is 0 Å². The van der Waals surface area contributed by atoms with Gasteiger partial charge in [0.05, 0.1) is 10.7 Å². The molecule has 2 aromatic heterocycles. The van der Waals surface area contributed by atoms with Crippen molar-refractivity contribution in [3.63, 3.8) is 0 Å². The van der Waals surface area contributed by atoms with E-state index < -0.39 is 0 Å². The van der Waals surface area contributed by atoms with Gasteiger partial charge >= 0.3 is 0 Å². The predicted molar refractivity (Wildman–Crippen MR) is 86.9 cm³/mol. The topological polar surface area (TPSA) is 29.3 Å². The van der Waals surface area contributed by atoms with Crippen molar-refractivity contribution in [2.75, 3.05) is 0 Å². The van der Waals surface area contributed by atoms with Crippen molar-refractivity contribution in [2.45, 2.75) is 19.5 Å². The second-order valence-corrected chi connectivity index (χ2v) is 5.87. The van der Waals surface area contributed by atoms with E-state index in [2.05, 4.69) is 17.2 Å². The number of nitrogens with zero attached hydrogens (tertiary/aromatic N) is 2. The molecule has 21 heavy (non-hydrogen) atoms. The molecule has 0 fully saturated rings. The number of imidazole rings is 1. The van der Waals surface area contributed by atoms with Crippen molar-refractivity contribution < 1.29 is 0 Å². The van der Waals surface area contributed by atoms with E-state index in [9.17, 15) is 0 Å². The first kappa shape index (κ1) is 14.4. The van der Waals surface area contributed by atoms with Gasteiger partial charge in [0.25, 0.3) is 0 Å². The van der Waals surface area contributed by atoms with Crippen LogP contribution in [0, 0.1) is 0 Å². The number of hydrogen-bond donors (Lipinski definition) is 1. The number of nitrogens with one attached hydrogen (secondary N) is 1. The van der Waals surface area contributed by atoms with Crippen molar-refractivity contribution >= 4 is 28.8 Å². The number of halogens is 2. The number of hydrogen-bond acceptors (Lipinski definition) is 2. The van der Waals surface area contributed by atoms with E-state index in [0.29, 0.717) is 11.6 Å². The van der Waals surface area contributed by atoms with Gasteiger partial charge in [-0.3, -0.25) is 0 Å². The summed E-state index contributed by atoms with van der Waals surface area (Å²) in [5.41, 5.74) is 3.08. The molecule has 1 aromatic carbocycles. The third-order valence-electron chi connectivity index (χ3n) is 3.42. The van der Waals surface area contributed by atoms with Crippen LogP contribution < -0.4 is 5.32 Å². The molecule has 3 aromatic rings. The molecule has 0 radical (unpaired) electrons. The smallest absolute Gasteiger partial charge is 0.137 e. The Morgan fingerprint density at radius 1 is 1.05 bits per heavy atom. The number of benzene rings is 1. The van der Waals surface area contributed by atoms with Crippen molar-refractivity contribution in [1.29, 1.82) is 0 Å². The molecule has 5 heteroatoms. The maximum Gasteiger partial charge on any atom is 0.137 e. The first-order chi connectivity index (χ1) is 10.1. The minimum atomic E-state index is 0.232. The van der Waals surface area contributed by atoms with Crippen molar-refractivity contribution in [1.82, 2.24) is 14.7 Å². The zero-order valence-electron chi connectivity index (χ0n) is 11.6. The normalized spacial score (nSPS) is 12.7. The third-order valence-corrected chi connectivity index (χ3v) is 3.90. The predicted octanol–water partition coefficient (Wildman–Crippen LogP) is 4.49. The Morgan fingerprint density at radius 2 is 1.76 bits per heavy atom. The Kier molecular flexibility index (Phi) is 4.15. The average molecular weight is 320 g/mol. The van der Waals surface area contributed by atoms with Crippen LogP contribution in [0.15, 0.2) is 48.8 Å². The Morgan fingerprint density at radius 3 is 2.52 bits per heavy atom. The molecule has 0 aliphatic rings. The molecule has 1 atom stereocenters. The summed E-state index contributed by atoms with van der Waals surface area (Å²) in [4.78, 5) is 4.55. The number of aromatic nitrogens is 2. The largest absolute Gasteiger partial charge is 0.305 e. The lowest BCUT2D eigenvalue weighted by atomic mass is 10.1. The zero-order valence-corrected chi connectivity index (χ0v) is 13.1. The molecule has 3 nitrogen and oxygen atoms in total. The molecular formula is C16H15Cl2N3. The highest BCUT2D eigenvalue weighted by atomic mass is 35.5. The summed E-state index contributed by atoms with van der Waals surface area (Å²) >= 11 is 11.9. The molecule has 0 spiro atoms. The van der Waals surface area contributed by atoms with E-state index >= 15 is 0 Å². The summed E-state index contributed by atoms with van der Waals surface area (Å²) in [6, 6.07) is 11.9. The number of pyridine rings is 1. The highest BCUT2D eigenvalue weighted by molar-refractivity contribution is 6.30. The van der Waals surface area contributed by atoms with E-state index in [-0.39, 0.29) is 6.04 Å². The third kappa shape index (κ3) is 3.38. The Labute approximate surface area is 133 Å². The SMILES string of the molecule is C[C@@H](NCc1cn2cc(Cl)ccc2n1)c1ccc(Cl)cc1. The summed E-state index contributed by atoms with van der Waals surface area (Å²) in [5, 5.41) is 4.91. The number of rotatable bonds is 4. The molecule has 0 saturated carbocycles. The molecule has 2 heterocycles. The van der Waals surface area contributed by atoms with Gasteiger partial charge in [-0.2, -0.15) is 0 Å². The molecule has 108 valence electrons. The molecule has 0 amide bonds. The molecule has 0 saturated heterocycles. The summed E-state index contributed by atoms with van der Waals surface area (Å²) < 4.78 is 1.94. The lowest BCUT2D eigenvalue weighted by Crippen LogP contribution is -2.18. The highest BCUT2D eigenvalue weighted by Gasteiger charge is 2.07. The first-order valence-electron chi connectivity index (χ1n) is 6.74. The fraction of sp³-hybridized carbons (Fsp3) is 0.188. The van der Waals surface area contributed by atoms with Gasteiger partial charge < -0.3 is 9.72 Å². The molecule has 1 N–H and O–H groups in total. The van der Waals surface area contributed by atoms with Crippen LogP contribution in [0.5, 0.6) is 0 Å². The van der Waals surface area contributed by atoms with E-state index in [1.807, 2.05) is 53.2 Å². The van der Waals surface area contributed by atoms with Gasteiger partial charge in [-0.25, -0.2) is 4.98 Å². The van der Waals surface area contributed by atoms with E-state index in [1.54, 1.807) is 0 Å². The Bertz CT molecular complexity index is 750. The summed E-state index contributed by atoms with van der Waals surface area (Å²) in [6.07, 6.45) is 3.85. The van der Waals surface area contributed by atoms with Crippen LogP contribution in [0.2, 0.25) is 10.0 Å². The monoisotopic (exact) mass is 319 g/mol. The van der Waals surface area contributed by atoms with Crippen LogP contribution in [0.1, 0.15) is 24.2 Å². The fourth-order valence-electron chi connectivity index (χ4n) is 2.23. The average Bonchev–Trinajstić information content (AvgIpc) is 2.87. The van der Waals surface area contributed by atoms with Crippen LogP contribution in [-0.4, -0.2) is 9.38 Å². The molecule has 3 rings (SSSR count). The van der Waals surface area contributed by atoms with E-state index in [0.717, 1.165) is 16.4 Å². The second kappa shape index (κ2) is 6.06. The van der Waals surface area contributed by atoms with Crippen LogP contribution >= 0.6 is 23.2 Å². The lowest BCUT2D eigenvalue weighted by Gasteiger charge is -2.13. The summed E-state index contributed by atoms with van der Waals surface area (Å²) in [7, 11) is 0.